The van der Waals surface area contributed by atoms with Gasteiger partial charge >= 0.3 is 18.2 Å². The molecular weight excluding hydrogens is 488 g/mol. The van der Waals surface area contributed by atoms with Crippen molar-refractivity contribution in [1.82, 2.24) is 20.2 Å². The molecule has 2 saturated carbocycles. The third kappa shape index (κ3) is 12.8. The molecule has 10 heteroatoms. The van der Waals surface area contributed by atoms with Gasteiger partial charge < -0.3 is 25.2 Å². The van der Waals surface area contributed by atoms with E-state index in [1.54, 1.807) is 41.5 Å². The normalized spacial score (nSPS) is 18.1. The van der Waals surface area contributed by atoms with E-state index in [2.05, 4.69) is 15.6 Å². The Morgan fingerprint density at radius 1 is 0.921 bits per heavy atom. The Bertz CT molecular complexity index is 874. The van der Waals surface area contributed by atoms with Crippen LogP contribution in [0.2, 0.25) is 0 Å². The maximum atomic E-state index is 11.9. The number of nitrogens with zero attached hydrogens (tertiary/aromatic N) is 2. The van der Waals surface area contributed by atoms with Crippen molar-refractivity contribution in [2.45, 2.75) is 141 Å². The highest BCUT2D eigenvalue weighted by atomic mass is 16.6. The number of carbonyl (C=O) groups excluding carboxylic acids is 2. The zero-order valence-electron chi connectivity index (χ0n) is 24.0. The zero-order valence-corrected chi connectivity index (χ0v) is 24.0. The highest BCUT2D eigenvalue weighted by Gasteiger charge is 2.26. The lowest BCUT2D eigenvalue weighted by Crippen LogP contribution is -2.44. The Morgan fingerprint density at radius 2 is 1.42 bits per heavy atom. The van der Waals surface area contributed by atoms with E-state index in [1.807, 2.05) is 0 Å². The van der Waals surface area contributed by atoms with E-state index >= 15 is 0 Å². The molecule has 0 bridgehead atoms. The van der Waals surface area contributed by atoms with E-state index in [0.29, 0.717) is 5.69 Å². The molecule has 216 valence electrons. The van der Waals surface area contributed by atoms with Crippen molar-refractivity contribution in [1.29, 1.82) is 0 Å². The number of imidazole rings is 1. The van der Waals surface area contributed by atoms with E-state index in [-0.39, 0.29) is 6.42 Å². The maximum Gasteiger partial charge on any atom is 0.419 e. The maximum absolute atomic E-state index is 11.9. The molecule has 0 spiro atoms. The molecule has 0 unspecified atom stereocenters. The molecule has 2 aliphatic rings. The lowest BCUT2D eigenvalue weighted by Gasteiger charge is -2.30. The van der Waals surface area contributed by atoms with Gasteiger partial charge in [-0.25, -0.2) is 23.9 Å². The monoisotopic (exact) mass is 536 g/mol. The summed E-state index contributed by atoms with van der Waals surface area (Å²) in [4.78, 5) is 39.0. The molecule has 1 aromatic heterocycles. The number of amides is 1. The first kappa shape index (κ1) is 31.6. The van der Waals surface area contributed by atoms with Gasteiger partial charge in [0, 0.05) is 24.7 Å². The molecule has 1 aromatic rings. The molecule has 0 aromatic carbocycles. The van der Waals surface area contributed by atoms with Crippen LogP contribution in [-0.2, 0) is 20.7 Å². The summed E-state index contributed by atoms with van der Waals surface area (Å²) in [7, 11) is 0. The number of carbonyl (C=O) groups is 3. The first-order valence-corrected chi connectivity index (χ1v) is 14.0. The van der Waals surface area contributed by atoms with E-state index in [4.69, 9.17) is 9.47 Å². The summed E-state index contributed by atoms with van der Waals surface area (Å²) in [6.45, 7) is 10.2. The minimum atomic E-state index is -1.24. The molecule has 38 heavy (non-hydrogen) atoms. The number of aliphatic carboxylic acids is 1. The Labute approximate surface area is 227 Å². The molecule has 3 N–H and O–H groups in total. The molecule has 1 amide bonds. The fourth-order valence-electron chi connectivity index (χ4n) is 4.61. The first-order valence-electron chi connectivity index (χ1n) is 14.0. The molecule has 0 aliphatic heterocycles. The van der Waals surface area contributed by atoms with E-state index in [0.717, 1.165) is 16.7 Å². The van der Waals surface area contributed by atoms with Crippen LogP contribution in [0.25, 0.3) is 0 Å². The standard InChI is InChI=1S/C16H25N3O6.C12H23N/c1-15(2,3)24-13(22)18-11(12(20)21)7-10-8-19(9-17-10)14(23)25-16(4,5)6;1-3-7-11(8-4-1)13-12-9-5-2-6-10-12/h8-9,11H,7H2,1-6H3,(H,18,22)(H,20,21);11-13H,1-10H2/t11-;/m1./s1. The van der Waals surface area contributed by atoms with Gasteiger partial charge in [-0.2, -0.15) is 0 Å². The number of carboxylic acid groups (broad SMARTS) is 1. The van der Waals surface area contributed by atoms with Gasteiger partial charge in [0.25, 0.3) is 0 Å². The van der Waals surface area contributed by atoms with Crippen molar-refractivity contribution in [3.05, 3.63) is 18.2 Å². The van der Waals surface area contributed by atoms with Crippen molar-refractivity contribution in [3.8, 4) is 0 Å². The van der Waals surface area contributed by atoms with Crippen molar-refractivity contribution in [3.63, 3.8) is 0 Å². The average molecular weight is 537 g/mol. The van der Waals surface area contributed by atoms with Crippen LogP contribution in [-0.4, -0.2) is 62.1 Å². The van der Waals surface area contributed by atoms with Gasteiger partial charge in [-0.15, -0.1) is 0 Å². The van der Waals surface area contributed by atoms with Crippen LogP contribution >= 0.6 is 0 Å². The van der Waals surface area contributed by atoms with Gasteiger partial charge in [-0.05, 0) is 67.2 Å². The SMILES string of the molecule is C1CCC(NC2CCCCC2)CC1.CC(C)(C)OC(=O)N[C@H](Cc1cn(C(=O)OC(C)(C)C)cn1)C(=O)O. The lowest BCUT2D eigenvalue weighted by molar-refractivity contribution is -0.139. The molecule has 2 fully saturated rings. The minimum absolute atomic E-state index is 0.107. The van der Waals surface area contributed by atoms with Gasteiger partial charge in [0.15, 0.2) is 0 Å². The summed E-state index contributed by atoms with van der Waals surface area (Å²) in [6.07, 6.45) is 15.6. The summed E-state index contributed by atoms with van der Waals surface area (Å²) in [5, 5.41) is 15.4. The fourth-order valence-corrected chi connectivity index (χ4v) is 4.61. The second kappa shape index (κ2) is 14.5. The highest BCUT2D eigenvalue weighted by Crippen LogP contribution is 2.22. The molecule has 1 heterocycles. The highest BCUT2D eigenvalue weighted by molar-refractivity contribution is 5.80. The van der Waals surface area contributed by atoms with E-state index in [9.17, 15) is 19.5 Å². The Kier molecular flexibility index (Phi) is 12.1. The molecule has 0 saturated heterocycles. The van der Waals surface area contributed by atoms with Crippen LogP contribution in [0.1, 0.15) is 111 Å². The summed E-state index contributed by atoms with van der Waals surface area (Å²) in [6, 6.07) is 0.505. The molecular formula is C28H48N4O6. The smallest absolute Gasteiger partial charge is 0.419 e. The van der Waals surface area contributed by atoms with Crippen molar-refractivity contribution < 1.29 is 29.0 Å². The van der Waals surface area contributed by atoms with Crippen LogP contribution in [0.3, 0.4) is 0 Å². The van der Waals surface area contributed by atoms with Crippen LogP contribution < -0.4 is 10.6 Å². The van der Waals surface area contributed by atoms with Gasteiger partial charge in [-0.3, -0.25) is 0 Å². The van der Waals surface area contributed by atoms with Crippen LogP contribution in [0.5, 0.6) is 0 Å². The topological polar surface area (TPSA) is 132 Å². The number of ether oxygens (including phenoxy) is 2. The fraction of sp³-hybridized carbons (Fsp3) is 0.786. The minimum Gasteiger partial charge on any atom is -0.480 e. The third-order valence-electron chi connectivity index (χ3n) is 6.32. The number of hydrogen-bond acceptors (Lipinski definition) is 7. The number of alkyl carbamates (subject to hydrolysis) is 1. The van der Waals surface area contributed by atoms with Gasteiger partial charge in [0.05, 0.1) is 5.69 Å². The zero-order chi connectivity index (χ0) is 28.3. The molecule has 1 atom stereocenters. The molecule has 0 radical (unpaired) electrons. The second-order valence-corrected chi connectivity index (χ2v) is 12.3. The van der Waals surface area contributed by atoms with E-state index in [1.165, 1.54) is 76.7 Å². The number of nitrogens with one attached hydrogen (secondary N) is 2. The summed E-state index contributed by atoms with van der Waals surface area (Å²) in [5.74, 6) is -1.24. The number of hydrogen-bond donors (Lipinski definition) is 3. The number of carboxylic acids is 1. The third-order valence-corrected chi connectivity index (χ3v) is 6.32. The predicted molar refractivity (Wildman–Crippen MR) is 145 cm³/mol. The van der Waals surface area contributed by atoms with Gasteiger partial charge in [-0.1, -0.05) is 38.5 Å². The Morgan fingerprint density at radius 3 is 1.87 bits per heavy atom. The molecule has 3 rings (SSSR count). The quantitative estimate of drug-likeness (QED) is 0.439. The molecule has 2 aliphatic carbocycles. The first-order chi connectivity index (χ1) is 17.7. The van der Waals surface area contributed by atoms with Crippen LogP contribution in [0.4, 0.5) is 9.59 Å². The van der Waals surface area contributed by atoms with Crippen molar-refractivity contribution in [2.75, 3.05) is 0 Å². The number of rotatable bonds is 6. The van der Waals surface area contributed by atoms with Crippen LogP contribution in [0, 0.1) is 0 Å². The second-order valence-electron chi connectivity index (χ2n) is 12.3. The number of aromatic nitrogens is 2. The Hall–Kier alpha value is -2.62. The largest absolute Gasteiger partial charge is 0.480 e. The van der Waals surface area contributed by atoms with Crippen molar-refractivity contribution >= 4 is 18.2 Å². The summed E-state index contributed by atoms with van der Waals surface area (Å²) < 4.78 is 11.3. The lowest BCUT2D eigenvalue weighted by atomic mass is 9.91. The summed E-state index contributed by atoms with van der Waals surface area (Å²) in [5.41, 5.74) is -1.09. The average Bonchev–Trinajstić information content (AvgIpc) is 3.27. The van der Waals surface area contributed by atoms with E-state index < -0.39 is 35.4 Å². The Balaban J connectivity index is 0.000000323. The predicted octanol–water partition coefficient (Wildman–Crippen LogP) is 5.43. The van der Waals surface area contributed by atoms with Gasteiger partial charge in [0.2, 0.25) is 0 Å². The van der Waals surface area contributed by atoms with Gasteiger partial charge in [0.1, 0.15) is 23.6 Å². The summed E-state index contributed by atoms with van der Waals surface area (Å²) >= 11 is 0. The van der Waals surface area contributed by atoms with Crippen LogP contribution in [0.15, 0.2) is 12.5 Å². The van der Waals surface area contributed by atoms with Crippen molar-refractivity contribution in [2.24, 2.45) is 0 Å². The molecule has 10 nitrogen and oxygen atoms in total.